The van der Waals surface area contributed by atoms with Crippen LogP contribution in [0.4, 0.5) is 4.79 Å². The molecule has 1 atom stereocenters. The van der Waals surface area contributed by atoms with Crippen LogP contribution >= 0.6 is 0 Å². The fraction of sp³-hybridized carbons (Fsp3) is 0.200. The number of carbonyl (C=O) groups excluding carboxylic acids is 3. The molecule has 1 aliphatic rings. The number of rotatable bonds is 9. The molecule has 0 saturated carbocycles. The van der Waals surface area contributed by atoms with Crippen LogP contribution in [0.1, 0.15) is 18.1 Å². The van der Waals surface area contributed by atoms with Gasteiger partial charge in [-0.3, -0.25) is 19.9 Å². The van der Waals surface area contributed by atoms with Gasteiger partial charge >= 0.3 is 6.03 Å². The fourth-order valence-corrected chi connectivity index (χ4v) is 3.96. The van der Waals surface area contributed by atoms with Gasteiger partial charge in [-0.15, -0.1) is 0 Å². The van der Waals surface area contributed by atoms with Crippen LogP contribution in [0.25, 0.3) is 11.1 Å². The van der Waals surface area contributed by atoms with Gasteiger partial charge in [0.15, 0.2) is 5.54 Å². The summed E-state index contributed by atoms with van der Waals surface area (Å²) in [6.45, 7) is 2.66. The number of benzene rings is 2. The molecule has 1 aromatic heterocycles. The second-order valence-corrected chi connectivity index (χ2v) is 7.72. The SMILES string of the molecule is CCOc1cccc(CN(C=O)C[C@@]2(c3ccc(-c4ccncc4)cc3)NC(=O)NC2=O)c1. The van der Waals surface area contributed by atoms with E-state index in [4.69, 9.17) is 4.74 Å². The zero-order chi connectivity index (χ0) is 23.3. The summed E-state index contributed by atoms with van der Waals surface area (Å²) >= 11 is 0. The average Bonchev–Trinajstić information content (AvgIpc) is 3.13. The van der Waals surface area contributed by atoms with Gasteiger partial charge < -0.3 is 15.0 Å². The third kappa shape index (κ3) is 4.69. The summed E-state index contributed by atoms with van der Waals surface area (Å²) in [6.07, 6.45) is 4.09. The number of pyridine rings is 1. The Balaban J connectivity index is 1.62. The first kappa shape index (κ1) is 22.0. The van der Waals surface area contributed by atoms with Crippen molar-refractivity contribution in [2.75, 3.05) is 13.2 Å². The highest BCUT2D eigenvalue weighted by Crippen LogP contribution is 2.29. The molecule has 33 heavy (non-hydrogen) atoms. The van der Waals surface area contributed by atoms with Crippen LogP contribution in [0.15, 0.2) is 73.1 Å². The third-order valence-corrected chi connectivity index (χ3v) is 5.52. The Hall–Kier alpha value is -4.20. The monoisotopic (exact) mass is 444 g/mol. The van der Waals surface area contributed by atoms with E-state index in [9.17, 15) is 14.4 Å². The smallest absolute Gasteiger partial charge is 0.322 e. The minimum absolute atomic E-state index is 0.0263. The Morgan fingerprint density at radius 2 is 1.76 bits per heavy atom. The van der Waals surface area contributed by atoms with Crippen LogP contribution in [0.5, 0.6) is 5.75 Å². The van der Waals surface area contributed by atoms with Crippen LogP contribution in [0.3, 0.4) is 0 Å². The fourth-order valence-electron chi connectivity index (χ4n) is 3.96. The molecule has 2 heterocycles. The van der Waals surface area contributed by atoms with E-state index in [1.807, 2.05) is 55.5 Å². The second kappa shape index (κ2) is 9.52. The molecule has 1 saturated heterocycles. The van der Waals surface area contributed by atoms with Crippen LogP contribution in [-0.2, 0) is 21.7 Å². The summed E-state index contributed by atoms with van der Waals surface area (Å²) < 4.78 is 5.53. The van der Waals surface area contributed by atoms with E-state index < -0.39 is 17.5 Å². The average molecular weight is 444 g/mol. The molecule has 0 aliphatic carbocycles. The first-order valence-electron chi connectivity index (χ1n) is 10.6. The number of amides is 4. The van der Waals surface area contributed by atoms with Crippen molar-refractivity contribution in [3.8, 4) is 16.9 Å². The predicted octanol–water partition coefficient (Wildman–Crippen LogP) is 2.84. The van der Waals surface area contributed by atoms with Crippen molar-refractivity contribution in [1.82, 2.24) is 20.5 Å². The van der Waals surface area contributed by atoms with Gasteiger partial charge in [0, 0.05) is 18.9 Å². The van der Waals surface area contributed by atoms with Gasteiger partial charge in [-0.1, -0.05) is 36.4 Å². The van der Waals surface area contributed by atoms with E-state index in [-0.39, 0.29) is 13.1 Å². The number of urea groups is 1. The highest BCUT2D eigenvalue weighted by molar-refractivity contribution is 6.07. The molecule has 1 aliphatic heterocycles. The molecule has 168 valence electrons. The van der Waals surface area contributed by atoms with Crippen molar-refractivity contribution in [2.24, 2.45) is 0 Å². The molecule has 8 heteroatoms. The Bertz CT molecular complexity index is 1150. The van der Waals surface area contributed by atoms with Gasteiger partial charge in [-0.25, -0.2) is 4.79 Å². The van der Waals surface area contributed by atoms with Crippen LogP contribution < -0.4 is 15.4 Å². The standard InChI is InChI=1S/C25H24N4O4/c1-2-33-22-5-3-4-18(14-22)15-29(17-30)16-25(23(31)27-24(32)28-25)21-8-6-19(7-9-21)20-10-12-26-13-11-20/h3-14,17H,2,15-16H2,1H3,(H2,27,28,31,32)/t25-/m0/s1. The molecular weight excluding hydrogens is 420 g/mol. The summed E-state index contributed by atoms with van der Waals surface area (Å²) in [5.74, 6) is 0.202. The third-order valence-electron chi connectivity index (χ3n) is 5.52. The van der Waals surface area contributed by atoms with Crippen molar-refractivity contribution in [3.63, 3.8) is 0 Å². The molecule has 0 unspecified atom stereocenters. The predicted molar refractivity (Wildman–Crippen MR) is 122 cm³/mol. The number of nitrogens with zero attached hydrogens (tertiary/aromatic N) is 2. The van der Waals surface area contributed by atoms with E-state index in [1.165, 1.54) is 4.90 Å². The van der Waals surface area contributed by atoms with Crippen molar-refractivity contribution >= 4 is 18.3 Å². The molecule has 4 rings (SSSR count). The lowest BCUT2D eigenvalue weighted by atomic mass is 9.88. The maximum Gasteiger partial charge on any atom is 0.322 e. The zero-order valence-corrected chi connectivity index (χ0v) is 18.2. The summed E-state index contributed by atoms with van der Waals surface area (Å²) in [5.41, 5.74) is 1.96. The zero-order valence-electron chi connectivity index (χ0n) is 18.2. The lowest BCUT2D eigenvalue weighted by molar-refractivity contribution is -0.127. The largest absolute Gasteiger partial charge is 0.494 e. The Morgan fingerprint density at radius 3 is 2.39 bits per heavy atom. The van der Waals surface area contributed by atoms with E-state index in [2.05, 4.69) is 15.6 Å². The molecular formula is C25H24N4O4. The summed E-state index contributed by atoms with van der Waals surface area (Å²) in [4.78, 5) is 42.5. The Morgan fingerprint density at radius 1 is 1.03 bits per heavy atom. The molecule has 4 amide bonds. The topological polar surface area (TPSA) is 101 Å². The maximum absolute atomic E-state index is 12.9. The van der Waals surface area contributed by atoms with Crippen molar-refractivity contribution in [3.05, 3.63) is 84.2 Å². The van der Waals surface area contributed by atoms with E-state index in [0.717, 1.165) is 16.7 Å². The molecule has 1 fully saturated rings. The maximum atomic E-state index is 12.9. The van der Waals surface area contributed by atoms with E-state index >= 15 is 0 Å². The number of carbonyl (C=O) groups is 3. The molecule has 0 bridgehead atoms. The highest BCUT2D eigenvalue weighted by atomic mass is 16.5. The number of ether oxygens (including phenoxy) is 1. The second-order valence-electron chi connectivity index (χ2n) is 7.72. The summed E-state index contributed by atoms with van der Waals surface area (Å²) in [7, 11) is 0. The number of aromatic nitrogens is 1. The lowest BCUT2D eigenvalue weighted by Gasteiger charge is -2.31. The van der Waals surface area contributed by atoms with Gasteiger partial charge in [0.2, 0.25) is 6.41 Å². The number of imide groups is 1. The van der Waals surface area contributed by atoms with E-state index in [0.29, 0.717) is 24.3 Å². The minimum Gasteiger partial charge on any atom is -0.494 e. The molecule has 2 N–H and O–H groups in total. The molecule has 8 nitrogen and oxygen atoms in total. The lowest BCUT2D eigenvalue weighted by Crippen LogP contribution is -2.52. The normalized spacial score (nSPS) is 17.2. The molecule has 3 aromatic rings. The van der Waals surface area contributed by atoms with Gasteiger partial charge in [-0.05, 0) is 53.4 Å². The molecule has 0 spiro atoms. The Labute approximate surface area is 191 Å². The summed E-state index contributed by atoms with van der Waals surface area (Å²) in [5, 5.41) is 5.05. The van der Waals surface area contributed by atoms with Crippen molar-refractivity contribution < 1.29 is 19.1 Å². The van der Waals surface area contributed by atoms with Gasteiger partial charge in [0.1, 0.15) is 5.75 Å². The highest BCUT2D eigenvalue weighted by Gasteiger charge is 2.48. The van der Waals surface area contributed by atoms with Crippen LogP contribution in [0.2, 0.25) is 0 Å². The number of hydrogen-bond donors (Lipinski definition) is 2. The van der Waals surface area contributed by atoms with Gasteiger partial charge in [0.05, 0.1) is 13.2 Å². The van der Waals surface area contributed by atoms with Gasteiger partial charge in [-0.2, -0.15) is 0 Å². The van der Waals surface area contributed by atoms with Crippen molar-refractivity contribution in [1.29, 1.82) is 0 Å². The first-order chi connectivity index (χ1) is 16.0. The van der Waals surface area contributed by atoms with Crippen LogP contribution in [-0.4, -0.2) is 41.4 Å². The Kier molecular flexibility index (Phi) is 6.35. The minimum atomic E-state index is -1.40. The number of hydrogen-bond acceptors (Lipinski definition) is 5. The number of nitrogens with one attached hydrogen (secondary N) is 2. The van der Waals surface area contributed by atoms with E-state index in [1.54, 1.807) is 24.5 Å². The summed E-state index contributed by atoms with van der Waals surface area (Å²) in [6, 6.07) is 17.9. The van der Waals surface area contributed by atoms with Crippen LogP contribution in [0, 0.1) is 0 Å². The molecule has 0 radical (unpaired) electrons. The molecule has 2 aromatic carbocycles. The van der Waals surface area contributed by atoms with Crippen molar-refractivity contribution in [2.45, 2.75) is 19.0 Å². The quantitative estimate of drug-likeness (QED) is 0.391. The first-order valence-corrected chi connectivity index (χ1v) is 10.6. The van der Waals surface area contributed by atoms with Gasteiger partial charge in [0.25, 0.3) is 5.91 Å².